The van der Waals surface area contributed by atoms with Gasteiger partial charge in [0, 0.05) is 0 Å². The minimum atomic E-state index is 1.50. The van der Waals surface area contributed by atoms with Crippen LogP contribution in [0.25, 0.3) is 0 Å². The molecule has 0 aromatic carbocycles. The second-order valence-corrected chi connectivity index (χ2v) is 0.577. The average molecular weight is 366 g/mol. The van der Waals surface area contributed by atoms with E-state index in [1.54, 1.807) is 0 Å². The van der Waals surface area contributed by atoms with Gasteiger partial charge in [-0.1, -0.05) is 12.2 Å². The zero-order chi connectivity index (χ0) is 9.41. The normalized spacial score (nSPS) is 4.00. The molecule has 0 aromatic rings. The topological polar surface area (TPSA) is 0 Å². The van der Waals surface area contributed by atoms with E-state index in [9.17, 15) is 0 Å². The van der Waals surface area contributed by atoms with E-state index in [-0.39, 0.29) is 0 Å². The van der Waals surface area contributed by atoms with Crippen molar-refractivity contribution in [2.45, 2.75) is 0 Å². The molecule has 0 aliphatic heterocycles. The summed E-state index contributed by atoms with van der Waals surface area (Å²) >= 11 is 4.44. The van der Waals surface area contributed by atoms with Gasteiger partial charge in [0.15, 0.2) is 0 Å². The van der Waals surface area contributed by atoms with Crippen molar-refractivity contribution in [2.24, 2.45) is 0 Å². The zero-order valence-corrected chi connectivity index (χ0v) is 9.99. The molecule has 0 N–H and O–H groups in total. The summed E-state index contributed by atoms with van der Waals surface area (Å²) in [5, 5.41) is 0. The van der Waals surface area contributed by atoms with E-state index in [2.05, 4.69) is 82.4 Å². The molecule has 0 heterocycles. The molecule has 0 spiro atoms. The predicted molar refractivity (Wildman–Crippen MR) is 42.8 cm³/mol. The Balaban J connectivity index is -0.0000000246. The summed E-state index contributed by atoms with van der Waals surface area (Å²) in [6.45, 7) is 13.0. The monoisotopic (exact) mass is 364 g/mol. The van der Waals surface area contributed by atoms with Crippen LogP contribution in [0.3, 0.4) is 0 Å². The number of hydrogen-bond donors (Lipinski definition) is 0. The van der Waals surface area contributed by atoms with Crippen molar-refractivity contribution in [1.29, 1.82) is 0 Å². The Morgan fingerprint density at radius 3 is 0.800 bits per heavy atom. The fourth-order valence-corrected chi connectivity index (χ4v) is 0. The fourth-order valence-electron chi connectivity index (χ4n) is 0. The van der Waals surface area contributed by atoms with Gasteiger partial charge in [-0.15, -0.1) is 13.2 Å². The molecule has 66 valence electrons. The Bertz CT molecular complexity index is 34.7. The Labute approximate surface area is 93.8 Å². The second-order valence-electron chi connectivity index (χ2n) is 0.577. The number of rotatable bonds is 0. The maximum absolute atomic E-state index is 4.49. The molecule has 0 aromatic heterocycles. The van der Waals surface area contributed by atoms with Gasteiger partial charge in [-0.3, -0.25) is 0 Å². The van der Waals surface area contributed by atoms with E-state index in [0.29, 0.717) is 0 Å². The van der Waals surface area contributed by atoms with Crippen molar-refractivity contribution in [3.63, 3.8) is 0 Å². The van der Waals surface area contributed by atoms with Crippen LogP contribution in [0.2, 0.25) is 0 Å². The van der Waals surface area contributed by atoms with Gasteiger partial charge in [0.05, 0.1) is 0 Å². The minimum absolute atomic E-state index is 1.50. The quantitative estimate of drug-likeness (QED) is 0.577. The maximum atomic E-state index is 4.49. The number of allylic oxidation sites excluding steroid dienone is 2. The predicted octanol–water partition coefficient (Wildman–Crippen LogP) is 3.39. The van der Waals surface area contributed by atoms with Crippen molar-refractivity contribution in [2.75, 3.05) is 0 Å². The Morgan fingerprint density at radius 2 is 0.800 bits per heavy atom. The van der Waals surface area contributed by atoms with Gasteiger partial charge < -0.3 is 0 Å². The summed E-state index contributed by atoms with van der Waals surface area (Å²) in [7, 11) is 8.98. The van der Waals surface area contributed by atoms with Gasteiger partial charge in [0.1, 0.15) is 0 Å². The number of halogens is 2. The van der Waals surface area contributed by atoms with Gasteiger partial charge in [-0.2, -0.15) is 0 Å². The molecule has 0 saturated carbocycles. The summed E-state index contributed by atoms with van der Waals surface area (Å²) < 4.78 is 0. The summed E-state index contributed by atoms with van der Waals surface area (Å²) in [4.78, 5) is 0. The van der Waals surface area contributed by atoms with Crippen LogP contribution >= 0.6 is 19.1 Å². The molecule has 0 bridgehead atoms. The molecule has 0 aliphatic carbocycles. The van der Waals surface area contributed by atoms with E-state index in [1.165, 1.54) is 12.2 Å². The molecule has 0 atom stereocenters. The van der Waals surface area contributed by atoms with Crippen LogP contribution in [0.1, 0.15) is 0 Å². The van der Waals surface area contributed by atoms with Crippen LogP contribution in [-0.2, 0) is 36.4 Å². The standard InChI is InChI=1S/2C3H5.2ClH.2Pd/c2*1-3-2;;;;/h2*3H,1-2H2;2*1H;;/q;;;;2*+2/p-2. The van der Waals surface area contributed by atoms with Crippen molar-refractivity contribution < 1.29 is 36.4 Å². The summed E-state index contributed by atoms with van der Waals surface area (Å²) in [6, 6.07) is 0. The fraction of sp³-hybridized carbons (Fsp3) is 0. The SMILES string of the molecule is [CH2]C=C.[CH2]C=C.[Cl][Pd+].[Cl][Pd+]. The molecule has 0 saturated heterocycles. The van der Waals surface area contributed by atoms with Crippen molar-refractivity contribution in [3.05, 3.63) is 39.2 Å². The molecule has 0 amide bonds. The molecule has 4 heteroatoms. The average Bonchev–Trinajstić information content (AvgIpc) is 1.99. The van der Waals surface area contributed by atoms with Gasteiger partial charge in [0.2, 0.25) is 0 Å². The van der Waals surface area contributed by atoms with Crippen LogP contribution < -0.4 is 0 Å². The Hall–Kier alpha value is 1.38. The van der Waals surface area contributed by atoms with Gasteiger partial charge in [-0.25, -0.2) is 0 Å². The third kappa shape index (κ3) is 344. The molecule has 0 aliphatic rings. The van der Waals surface area contributed by atoms with Gasteiger partial charge in [0.25, 0.3) is 0 Å². The van der Waals surface area contributed by atoms with Crippen LogP contribution in [0, 0.1) is 13.8 Å². The molecule has 0 unspecified atom stereocenters. The molecular formula is C6H10Cl2Pd2+2. The summed E-state index contributed by atoms with van der Waals surface area (Å²) in [5.41, 5.74) is 0. The third-order valence-corrected chi connectivity index (χ3v) is 0. The molecule has 10 heavy (non-hydrogen) atoms. The van der Waals surface area contributed by atoms with Crippen LogP contribution in [0.15, 0.2) is 25.3 Å². The Kier molecular flexibility index (Phi) is 180. The van der Waals surface area contributed by atoms with E-state index in [4.69, 9.17) is 0 Å². The molecule has 0 rings (SSSR count). The van der Waals surface area contributed by atoms with Crippen molar-refractivity contribution >= 4 is 19.1 Å². The first-order chi connectivity index (χ1) is 4.83. The summed E-state index contributed by atoms with van der Waals surface area (Å²) in [5.74, 6) is 0. The first kappa shape index (κ1) is 22.5. The number of hydrogen-bond acceptors (Lipinski definition) is 0. The zero-order valence-electron chi connectivity index (χ0n) is 5.37. The Morgan fingerprint density at radius 1 is 0.800 bits per heavy atom. The van der Waals surface area contributed by atoms with Crippen LogP contribution in [-0.4, -0.2) is 0 Å². The van der Waals surface area contributed by atoms with E-state index >= 15 is 0 Å². The van der Waals surface area contributed by atoms with Crippen molar-refractivity contribution in [1.82, 2.24) is 0 Å². The van der Waals surface area contributed by atoms with Crippen LogP contribution in [0.5, 0.6) is 0 Å². The first-order valence-corrected chi connectivity index (χ1v) is 5.88. The van der Waals surface area contributed by atoms with E-state index in [0.717, 1.165) is 0 Å². The first-order valence-electron chi connectivity index (χ1n) is 1.87. The van der Waals surface area contributed by atoms with E-state index in [1.807, 2.05) is 0 Å². The summed E-state index contributed by atoms with van der Waals surface area (Å²) in [6.07, 6.45) is 3.00. The van der Waals surface area contributed by atoms with Crippen LogP contribution in [0.4, 0.5) is 0 Å². The third-order valence-electron chi connectivity index (χ3n) is 0. The van der Waals surface area contributed by atoms with Crippen molar-refractivity contribution in [3.8, 4) is 0 Å². The van der Waals surface area contributed by atoms with Gasteiger partial charge >= 0.3 is 55.4 Å². The molecule has 2 radical (unpaired) electrons. The van der Waals surface area contributed by atoms with Gasteiger partial charge in [-0.05, 0) is 13.8 Å². The second kappa shape index (κ2) is 79.8. The van der Waals surface area contributed by atoms with E-state index < -0.39 is 0 Å². The molecular weight excluding hydrogens is 356 g/mol. The molecule has 0 nitrogen and oxygen atoms in total. The molecule has 0 fully saturated rings.